The molecule has 8 heteroatoms. The minimum atomic E-state index is -3.28. The summed E-state index contributed by atoms with van der Waals surface area (Å²) < 4.78 is 24.3. The Balaban J connectivity index is 2.12. The molecule has 0 radical (unpaired) electrons. The van der Waals surface area contributed by atoms with E-state index in [0.717, 1.165) is 24.8 Å². The molecule has 0 aromatic carbocycles. The van der Waals surface area contributed by atoms with Crippen LogP contribution in [0.15, 0.2) is 6.07 Å². The smallest absolute Gasteiger partial charge is 0.226 e. The number of carbonyl (C=O) groups is 1. The van der Waals surface area contributed by atoms with Crippen molar-refractivity contribution in [3.63, 3.8) is 0 Å². The van der Waals surface area contributed by atoms with Crippen molar-refractivity contribution < 1.29 is 18.3 Å². The molecule has 1 aromatic heterocycles. The molecule has 1 amide bonds. The van der Waals surface area contributed by atoms with Crippen LogP contribution in [0.4, 0.5) is 0 Å². The number of fused-ring (bicyclic) bond motifs is 1. The van der Waals surface area contributed by atoms with Gasteiger partial charge >= 0.3 is 0 Å². The third-order valence-electron chi connectivity index (χ3n) is 4.27. The van der Waals surface area contributed by atoms with Gasteiger partial charge in [-0.25, -0.2) is 8.42 Å². The molecule has 2 heterocycles. The van der Waals surface area contributed by atoms with Crippen molar-refractivity contribution >= 4 is 15.7 Å². The number of aliphatic hydroxyl groups is 1. The SMILES string of the molecule is CCC(CC)C(=O)N1CCn2nc(C(O)CS(C)(=O)=O)cc2C1. The zero-order chi connectivity index (χ0) is 17.2. The molecule has 23 heavy (non-hydrogen) atoms. The Hall–Kier alpha value is -1.41. The molecule has 1 N–H and O–H groups in total. The molecule has 0 saturated carbocycles. The van der Waals surface area contributed by atoms with Crippen LogP contribution in [0.2, 0.25) is 0 Å². The maximum atomic E-state index is 12.5. The summed E-state index contributed by atoms with van der Waals surface area (Å²) in [6, 6.07) is 1.70. The van der Waals surface area contributed by atoms with Crippen LogP contribution in [-0.4, -0.2) is 52.7 Å². The fourth-order valence-electron chi connectivity index (χ4n) is 2.91. The second-order valence-electron chi connectivity index (χ2n) is 6.17. The molecule has 0 spiro atoms. The van der Waals surface area contributed by atoms with Crippen LogP contribution in [0, 0.1) is 5.92 Å². The van der Waals surface area contributed by atoms with Gasteiger partial charge in [0, 0.05) is 18.7 Å². The fraction of sp³-hybridized carbons (Fsp3) is 0.733. The van der Waals surface area contributed by atoms with Crippen molar-refractivity contribution in [3.8, 4) is 0 Å². The lowest BCUT2D eigenvalue weighted by molar-refractivity contribution is -0.137. The molecule has 1 unspecified atom stereocenters. The van der Waals surface area contributed by atoms with Gasteiger partial charge in [0.2, 0.25) is 5.91 Å². The van der Waals surface area contributed by atoms with Gasteiger partial charge in [0.05, 0.1) is 30.2 Å². The maximum Gasteiger partial charge on any atom is 0.226 e. The monoisotopic (exact) mass is 343 g/mol. The van der Waals surface area contributed by atoms with Crippen molar-refractivity contribution in [1.82, 2.24) is 14.7 Å². The zero-order valence-electron chi connectivity index (χ0n) is 13.9. The van der Waals surface area contributed by atoms with Gasteiger partial charge in [0.15, 0.2) is 0 Å². The normalized spacial score (nSPS) is 16.5. The van der Waals surface area contributed by atoms with E-state index >= 15 is 0 Å². The van der Waals surface area contributed by atoms with Crippen molar-refractivity contribution in [2.75, 3.05) is 18.6 Å². The highest BCUT2D eigenvalue weighted by Gasteiger charge is 2.27. The number of hydrogen-bond acceptors (Lipinski definition) is 5. The van der Waals surface area contributed by atoms with Crippen LogP contribution in [-0.2, 0) is 27.7 Å². The Morgan fingerprint density at radius 2 is 2.00 bits per heavy atom. The Morgan fingerprint density at radius 1 is 1.35 bits per heavy atom. The first-order valence-electron chi connectivity index (χ1n) is 7.96. The summed E-state index contributed by atoms with van der Waals surface area (Å²) >= 11 is 0. The zero-order valence-corrected chi connectivity index (χ0v) is 14.7. The van der Waals surface area contributed by atoms with E-state index in [1.165, 1.54) is 0 Å². The molecule has 7 nitrogen and oxygen atoms in total. The highest BCUT2D eigenvalue weighted by atomic mass is 32.2. The van der Waals surface area contributed by atoms with Gasteiger partial charge < -0.3 is 10.0 Å². The molecule has 130 valence electrons. The van der Waals surface area contributed by atoms with E-state index in [1.807, 2.05) is 18.7 Å². The Labute approximate surface area is 137 Å². The third kappa shape index (κ3) is 4.32. The van der Waals surface area contributed by atoms with Crippen molar-refractivity contribution in [1.29, 1.82) is 0 Å². The Kier molecular flexibility index (Phi) is 5.46. The van der Waals surface area contributed by atoms with Gasteiger partial charge in [-0.05, 0) is 18.9 Å². The van der Waals surface area contributed by atoms with E-state index in [-0.39, 0.29) is 17.6 Å². The number of nitrogens with zero attached hydrogens (tertiary/aromatic N) is 3. The summed E-state index contributed by atoms with van der Waals surface area (Å²) in [6.07, 6.45) is 1.60. The first kappa shape index (κ1) is 17.9. The number of rotatable bonds is 6. The molecule has 0 aliphatic carbocycles. The third-order valence-corrected chi connectivity index (χ3v) is 5.19. The van der Waals surface area contributed by atoms with Crippen molar-refractivity contribution in [2.45, 2.75) is 45.9 Å². The molecule has 0 fully saturated rings. The molecule has 0 saturated heterocycles. The highest BCUT2D eigenvalue weighted by molar-refractivity contribution is 7.90. The number of aliphatic hydroxyl groups excluding tert-OH is 1. The number of carbonyl (C=O) groups excluding carboxylic acids is 1. The van der Waals surface area contributed by atoms with Gasteiger partial charge in [0.25, 0.3) is 0 Å². The largest absolute Gasteiger partial charge is 0.386 e. The van der Waals surface area contributed by atoms with Crippen LogP contribution >= 0.6 is 0 Å². The first-order chi connectivity index (χ1) is 10.7. The van der Waals surface area contributed by atoms with Gasteiger partial charge in [-0.2, -0.15) is 5.10 Å². The van der Waals surface area contributed by atoms with Crippen LogP contribution in [0.3, 0.4) is 0 Å². The minimum absolute atomic E-state index is 0.0415. The summed E-state index contributed by atoms with van der Waals surface area (Å²) in [5.41, 5.74) is 1.18. The van der Waals surface area contributed by atoms with E-state index in [9.17, 15) is 18.3 Å². The molecule has 1 aliphatic heterocycles. The van der Waals surface area contributed by atoms with E-state index in [2.05, 4.69) is 5.10 Å². The van der Waals surface area contributed by atoms with E-state index < -0.39 is 15.9 Å². The average molecular weight is 343 g/mol. The number of aromatic nitrogens is 2. The van der Waals surface area contributed by atoms with Crippen molar-refractivity contribution in [3.05, 3.63) is 17.5 Å². The van der Waals surface area contributed by atoms with Crippen LogP contribution in [0.1, 0.15) is 44.2 Å². The predicted octanol–water partition coefficient (Wildman–Crippen LogP) is 0.740. The molecule has 1 aliphatic rings. The summed E-state index contributed by atoms with van der Waals surface area (Å²) in [5.74, 6) is -0.153. The van der Waals surface area contributed by atoms with Crippen molar-refractivity contribution in [2.24, 2.45) is 5.92 Å². The Morgan fingerprint density at radius 3 is 2.57 bits per heavy atom. The second kappa shape index (κ2) is 7.00. The van der Waals surface area contributed by atoms with E-state index in [4.69, 9.17) is 0 Å². The highest BCUT2D eigenvalue weighted by Crippen LogP contribution is 2.21. The molecule has 1 atom stereocenters. The quantitative estimate of drug-likeness (QED) is 0.822. The van der Waals surface area contributed by atoms with Gasteiger partial charge in [-0.15, -0.1) is 0 Å². The van der Waals surface area contributed by atoms with Crippen LogP contribution in [0.25, 0.3) is 0 Å². The molecular weight excluding hydrogens is 318 g/mol. The Bertz CT molecular complexity index is 664. The predicted molar refractivity (Wildman–Crippen MR) is 86.4 cm³/mol. The maximum absolute atomic E-state index is 12.5. The first-order valence-corrected chi connectivity index (χ1v) is 10.0. The lowest BCUT2D eigenvalue weighted by Crippen LogP contribution is -2.41. The van der Waals surface area contributed by atoms with Gasteiger partial charge in [-0.3, -0.25) is 9.48 Å². The number of hydrogen-bond donors (Lipinski definition) is 1. The second-order valence-corrected chi connectivity index (χ2v) is 8.35. The lowest BCUT2D eigenvalue weighted by Gasteiger charge is -2.30. The standard InChI is InChI=1S/C15H25N3O4S/c1-4-11(5-2)15(20)17-6-7-18-12(9-17)8-13(16-18)14(19)10-23(3,21)22/h8,11,14,19H,4-7,9-10H2,1-3H3. The fourth-order valence-corrected chi connectivity index (χ4v) is 3.65. The minimum Gasteiger partial charge on any atom is -0.386 e. The number of sulfone groups is 1. The summed E-state index contributed by atoms with van der Waals surface area (Å²) in [6.45, 7) is 5.63. The summed E-state index contributed by atoms with van der Waals surface area (Å²) in [5, 5.41) is 14.3. The topological polar surface area (TPSA) is 92.5 Å². The van der Waals surface area contributed by atoms with Gasteiger partial charge in [0.1, 0.15) is 15.9 Å². The van der Waals surface area contributed by atoms with Gasteiger partial charge in [-0.1, -0.05) is 13.8 Å². The molecular formula is C15H25N3O4S. The molecule has 2 rings (SSSR count). The summed E-state index contributed by atoms with van der Waals surface area (Å²) in [7, 11) is -3.28. The number of amides is 1. The van der Waals surface area contributed by atoms with E-state index in [1.54, 1.807) is 10.7 Å². The lowest BCUT2D eigenvalue weighted by atomic mass is 10.0. The molecule has 1 aromatic rings. The van der Waals surface area contributed by atoms with Crippen LogP contribution < -0.4 is 0 Å². The van der Waals surface area contributed by atoms with E-state index in [0.29, 0.717) is 25.3 Å². The molecule has 0 bridgehead atoms. The summed E-state index contributed by atoms with van der Waals surface area (Å²) in [4.78, 5) is 14.3. The average Bonchev–Trinajstić information content (AvgIpc) is 2.89. The van der Waals surface area contributed by atoms with Crippen LogP contribution in [0.5, 0.6) is 0 Å².